The van der Waals surface area contributed by atoms with Gasteiger partial charge in [-0.2, -0.15) is 8.78 Å². The van der Waals surface area contributed by atoms with E-state index in [-0.39, 0.29) is 16.5 Å². The van der Waals surface area contributed by atoms with Crippen molar-refractivity contribution in [3.05, 3.63) is 58.1 Å². The number of ether oxygens (including phenoxy) is 2. The number of rotatable bonds is 7. The molecule has 1 saturated carbocycles. The Morgan fingerprint density at radius 2 is 1.79 bits per heavy atom. The number of hydrogen-bond donors (Lipinski definition) is 1. The number of amides is 1. The zero-order valence-corrected chi connectivity index (χ0v) is 15.9. The first-order valence-corrected chi connectivity index (χ1v) is 9.03. The van der Waals surface area contributed by atoms with Gasteiger partial charge in [-0.1, -0.05) is 35.3 Å². The molecule has 0 aromatic heterocycles. The van der Waals surface area contributed by atoms with E-state index in [4.69, 9.17) is 27.9 Å². The van der Waals surface area contributed by atoms with E-state index in [2.05, 4.69) is 10.1 Å². The van der Waals surface area contributed by atoms with Crippen LogP contribution < -0.4 is 10.1 Å². The highest BCUT2D eigenvalue weighted by Crippen LogP contribution is 2.49. The number of alkyl halides is 2. The van der Waals surface area contributed by atoms with Gasteiger partial charge >= 0.3 is 12.6 Å². The summed E-state index contributed by atoms with van der Waals surface area (Å²) in [6.07, 6.45) is 1.27. The normalized spacial score (nSPS) is 14.5. The summed E-state index contributed by atoms with van der Waals surface area (Å²) in [7, 11) is 0. The van der Waals surface area contributed by atoms with Crippen molar-refractivity contribution in [2.24, 2.45) is 0 Å². The molecule has 0 unspecified atom stereocenters. The molecule has 0 aliphatic heterocycles. The first-order valence-electron chi connectivity index (χ1n) is 8.28. The summed E-state index contributed by atoms with van der Waals surface area (Å²) in [5.74, 6) is -1.28. The van der Waals surface area contributed by atoms with Gasteiger partial charge in [-0.15, -0.1) is 0 Å². The fourth-order valence-electron chi connectivity index (χ4n) is 2.74. The van der Waals surface area contributed by atoms with E-state index in [0.717, 1.165) is 5.56 Å². The number of hydrogen-bond acceptors (Lipinski definition) is 4. The lowest BCUT2D eigenvalue weighted by atomic mass is 9.96. The Balaban J connectivity index is 1.55. The van der Waals surface area contributed by atoms with Crippen LogP contribution in [-0.4, -0.2) is 25.1 Å². The van der Waals surface area contributed by atoms with Gasteiger partial charge in [0, 0.05) is 10.7 Å². The van der Waals surface area contributed by atoms with Gasteiger partial charge in [-0.3, -0.25) is 9.59 Å². The Morgan fingerprint density at radius 3 is 2.36 bits per heavy atom. The first-order chi connectivity index (χ1) is 13.3. The van der Waals surface area contributed by atoms with Crippen molar-refractivity contribution in [3.8, 4) is 5.75 Å². The van der Waals surface area contributed by atoms with E-state index in [1.54, 1.807) is 24.3 Å². The van der Waals surface area contributed by atoms with Gasteiger partial charge in [-0.25, -0.2) is 0 Å². The van der Waals surface area contributed by atoms with Crippen LogP contribution in [0.25, 0.3) is 0 Å². The first kappa shape index (κ1) is 20.4. The predicted molar refractivity (Wildman–Crippen MR) is 100 cm³/mol. The lowest BCUT2D eigenvalue weighted by Gasteiger charge is -2.15. The number of esters is 1. The van der Waals surface area contributed by atoms with Crippen LogP contribution in [0.5, 0.6) is 5.75 Å². The van der Waals surface area contributed by atoms with Crippen LogP contribution >= 0.6 is 23.2 Å². The third kappa shape index (κ3) is 4.72. The van der Waals surface area contributed by atoms with Gasteiger partial charge in [0.1, 0.15) is 5.75 Å². The summed E-state index contributed by atoms with van der Waals surface area (Å²) >= 11 is 11.7. The molecule has 9 heteroatoms. The molecule has 28 heavy (non-hydrogen) atoms. The SMILES string of the molecule is O=C(COC(=O)C1(c2ccc(Cl)cc2)CC1)Nc1ccc(OC(F)F)c(Cl)c1. The molecule has 1 N–H and O–H groups in total. The van der Waals surface area contributed by atoms with Gasteiger partial charge in [-0.05, 0) is 48.7 Å². The van der Waals surface area contributed by atoms with Crippen LogP contribution in [0.2, 0.25) is 10.0 Å². The summed E-state index contributed by atoms with van der Waals surface area (Å²) in [6.45, 7) is -3.49. The fraction of sp³-hybridized carbons (Fsp3) is 0.263. The largest absolute Gasteiger partial charge is 0.455 e. The number of carbonyl (C=O) groups excluding carboxylic acids is 2. The van der Waals surface area contributed by atoms with Crippen LogP contribution in [-0.2, 0) is 19.7 Å². The van der Waals surface area contributed by atoms with Crippen molar-refractivity contribution in [2.75, 3.05) is 11.9 Å². The minimum absolute atomic E-state index is 0.0882. The molecule has 3 rings (SSSR count). The summed E-state index contributed by atoms with van der Waals surface area (Å²) in [6, 6.07) is 10.7. The quantitative estimate of drug-likeness (QED) is 0.641. The Bertz CT molecular complexity index is 886. The maximum absolute atomic E-state index is 12.4. The molecule has 1 aliphatic rings. The molecule has 0 heterocycles. The summed E-state index contributed by atoms with van der Waals surface area (Å²) in [4.78, 5) is 24.4. The number of benzene rings is 2. The fourth-order valence-corrected chi connectivity index (χ4v) is 3.09. The summed E-state index contributed by atoms with van der Waals surface area (Å²) < 4.78 is 33.8. The number of carbonyl (C=O) groups is 2. The van der Waals surface area contributed by atoms with Gasteiger partial charge in [0.25, 0.3) is 5.91 Å². The lowest BCUT2D eigenvalue weighted by Crippen LogP contribution is -2.28. The topological polar surface area (TPSA) is 64.6 Å². The molecule has 0 bridgehead atoms. The minimum atomic E-state index is -3.01. The highest BCUT2D eigenvalue weighted by Gasteiger charge is 2.52. The third-order valence-corrected chi connectivity index (χ3v) is 4.85. The number of nitrogens with one attached hydrogen (secondary N) is 1. The molecule has 0 atom stereocenters. The Hall–Kier alpha value is -2.38. The van der Waals surface area contributed by atoms with Gasteiger partial charge in [0.05, 0.1) is 10.4 Å². The van der Waals surface area contributed by atoms with E-state index in [9.17, 15) is 18.4 Å². The smallest absolute Gasteiger partial charge is 0.387 e. The van der Waals surface area contributed by atoms with Crippen molar-refractivity contribution in [3.63, 3.8) is 0 Å². The van der Waals surface area contributed by atoms with E-state index >= 15 is 0 Å². The Labute approximate surface area is 169 Å². The van der Waals surface area contributed by atoms with E-state index in [1.165, 1.54) is 18.2 Å². The molecule has 0 radical (unpaired) electrons. The van der Waals surface area contributed by atoms with E-state index < -0.39 is 30.5 Å². The maximum atomic E-state index is 12.4. The second kappa shape index (κ2) is 8.32. The molecule has 2 aromatic rings. The lowest BCUT2D eigenvalue weighted by molar-refractivity contribution is -0.150. The van der Waals surface area contributed by atoms with Crippen molar-refractivity contribution in [2.45, 2.75) is 24.9 Å². The van der Waals surface area contributed by atoms with Crippen molar-refractivity contribution in [1.82, 2.24) is 0 Å². The second-order valence-corrected chi connectivity index (χ2v) is 7.08. The van der Waals surface area contributed by atoms with Crippen LogP contribution in [0.3, 0.4) is 0 Å². The van der Waals surface area contributed by atoms with Gasteiger partial charge in [0.2, 0.25) is 0 Å². The van der Waals surface area contributed by atoms with Crippen molar-refractivity contribution < 1.29 is 27.8 Å². The van der Waals surface area contributed by atoms with Crippen LogP contribution in [0.4, 0.5) is 14.5 Å². The maximum Gasteiger partial charge on any atom is 0.387 e. The van der Waals surface area contributed by atoms with Crippen LogP contribution in [0.1, 0.15) is 18.4 Å². The molecule has 0 spiro atoms. The average Bonchev–Trinajstić information content (AvgIpc) is 3.44. The molecule has 2 aromatic carbocycles. The number of anilines is 1. The second-order valence-electron chi connectivity index (χ2n) is 6.24. The molecule has 1 fully saturated rings. The molecule has 0 saturated heterocycles. The summed E-state index contributed by atoms with van der Waals surface area (Å²) in [5.41, 5.74) is 0.317. The van der Waals surface area contributed by atoms with Crippen molar-refractivity contribution >= 4 is 40.8 Å². The minimum Gasteiger partial charge on any atom is -0.455 e. The standard InChI is InChI=1S/C19H15Cl2F2NO4/c20-12-3-1-11(2-4-12)19(7-8-19)17(26)27-10-16(25)24-13-5-6-15(14(21)9-13)28-18(22)23/h1-6,9,18H,7-8,10H2,(H,24,25). The zero-order chi connectivity index (χ0) is 20.3. The van der Waals surface area contributed by atoms with Gasteiger partial charge in [0.15, 0.2) is 6.61 Å². The highest BCUT2D eigenvalue weighted by atomic mass is 35.5. The zero-order valence-electron chi connectivity index (χ0n) is 14.4. The van der Waals surface area contributed by atoms with Crippen molar-refractivity contribution in [1.29, 1.82) is 0 Å². The van der Waals surface area contributed by atoms with Gasteiger partial charge < -0.3 is 14.8 Å². The molecule has 1 amide bonds. The highest BCUT2D eigenvalue weighted by molar-refractivity contribution is 6.32. The Morgan fingerprint density at radius 1 is 1.11 bits per heavy atom. The predicted octanol–water partition coefficient (Wildman–Crippen LogP) is 4.81. The monoisotopic (exact) mass is 429 g/mol. The van der Waals surface area contributed by atoms with Crippen LogP contribution in [0, 0.1) is 0 Å². The molecule has 1 aliphatic carbocycles. The average molecular weight is 430 g/mol. The third-order valence-electron chi connectivity index (χ3n) is 4.30. The molecular formula is C19H15Cl2F2NO4. The molecular weight excluding hydrogens is 415 g/mol. The van der Waals surface area contributed by atoms with E-state index in [0.29, 0.717) is 17.9 Å². The Kier molecular flexibility index (Phi) is 6.05. The van der Waals surface area contributed by atoms with Crippen LogP contribution in [0.15, 0.2) is 42.5 Å². The molecule has 5 nitrogen and oxygen atoms in total. The summed E-state index contributed by atoms with van der Waals surface area (Å²) in [5, 5.41) is 2.95. The number of halogens is 4. The van der Waals surface area contributed by atoms with E-state index in [1.807, 2.05) is 0 Å². The molecule has 148 valence electrons.